The Kier molecular flexibility index (Phi) is 5.48. The number of benzene rings is 2. The summed E-state index contributed by atoms with van der Waals surface area (Å²) < 4.78 is 31.2. The summed E-state index contributed by atoms with van der Waals surface area (Å²) in [5.74, 6) is 6.73. The topological polar surface area (TPSA) is 90.5 Å². The van der Waals surface area contributed by atoms with Crippen LogP contribution >= 0.6 is 11.6 Å². The summed E-state index contributed by atoms with van der Waals surface area (Å²) in [6.07, 6.45) is 3.00. The van der Waals surface area contributed by atoms with Gasteiger partial charge in [0.25, 0.3) is 6.02 Å². The van der Waals surface area contributed by atoms with Crippen molar-refractivity contribution < 1.29 is 18.6 Å². The molecule has 3 heterocycles. The van der Waals surface area contributed by atoms with Crippen molar-refractivity contribution in [3.8, 4) is 34.6 Å². The molecule has 0 aliphatic carbocycles. The van der Waals surface area contributed by atoms with Gasteiger partial charge in [-0.2, -0.15) is 0 Å². The Bertz CT molecular complexity index is 1420. The first-order valence-corrected chi connectivity index (χ1v) is 10.8. The number of halogens is 2. The molecule has 34 heavy (non-hydrogen) atoms. The fraction of sp³-hybridized carbons (Fsp3) is 0.154. The fourth-order valence-electron chi connectivity index (χ4n) is 3.72. The average molecular weight is 476 g/mol. The van der Waals surface area contributed by atoms with Crippen LogP contribution in [0.4, 0.5) is 4.39 Å². The quantitative estimate of drug-likeness (QED) is 0.177. The van der Waals surface area contributed by atoms with Crippen molar-refractivity contribution in [1.29, 1.82) is 5.41 Å². The number of aromatic nitrogens is 1. The Morgan fingerprint density at radius 3 is 2.79 bits per heavy atom. The lowest BCUT2D eigenvalue weighted by Crippen LogP contribution is -2.38. The summed E-state index contributed by atoms with van der Waals surface area (Å²) in [5.41, 5.74) is 8.69. The molecule has 8 heteroatoms. The number of pyridine rings is 1. The Hall–Kier alpha value is -3.86. The zero-order valence-corrected chi connectivity index (χ0v) is 18.9. The van der Waals surface area contributed by atoms with Gasteiger partial charge in [0.05, 0.1) is 23.7 Å². The first kappa shape index (κ1) is 22.0. The molecule has 1 saturated heterocycles. The Morgan fingerprint density at radius 2 is 2.06 bits per heavy atom. The molecule has 2 aliphatic heterocycles. The number of hydrogen-bond acceptors (Lipinski definition) is 5. The number of rotatable bonds is 2. The highest BCUT2D eigenvalue weighted by Gasteiger charge is 2.31. The Balaban J connectivity index is 1.61. The van der Waals surface area contributed by atoms with E-state index in [4.69, 9.17) is 37.0 Å². The number of fused-ring (bicyclic) bond motifs is 2. The van der Waals surface area contributed by atoms with Gasteiger partial charge in [0.1, 0.15) is 17.8 Å². The molecular formula is C26H19ClFN3O3. The number of nitrogens with two attached hydrogens (primary N) is 1. The summed E-state index contributed by atoms with van der Waals surface area (Å²) in [6.45, 7) is 3.22. The molecule has 0 spiro atoms. The molecular weight excluding hydrogens is 457 g/mol. The number of hydrogen-bond donors (Lipinski definition) is 2. The third-order valence-electron chi connectivity index (χ3n) is 5.53. The van der Waals surface area contributed by atoms with Crippen LogP contribution in [0.2, 0.25) is 5.02 Å². The monoisotopic (exact) mass is 475 g/mol. The third-order valence-corrected chi connectivity index (χ3v) is 5.83. The predicted octanol–water partition coefficient (Wildman–Crippen LogP) is 5.33. The van der Waals surface area contributed by atoms with E-state index in [0.29, 0.717) is 58.2 Å². The lowest BCUT2D eigenvalue weighted by molar-refractivity contribution is -0.0648. The van der Waals surface area contributed by atoms with E-state index in [1.54, 1.807) is 36.5 Å². The van der Waals surface area contributed by atoms with E-state index in [1.165, 1.54) is 12.3 Å². The molecule has 0 unspecified atom stereocenters. The molecule has 2 aromatic carbocycles. The zero-order valence-electron chi connectivity index (χ0n) is 18.1. The van der Waals surface area contributed by atoms with Crippen LogP contribution in [0.5, 0.6) is 11.6 Å². The minimum absolute atomic E-state index is 0.0328. The van der Waals surface area contributed by atoms with Gasteiger partial charge in [0, 0.05) is 34.0 Å². The highest BCUT2D eigenvalue weighted by Crippen LogP contribution is 2.44. The zero-order chi connectivity index (χ0) is 23.9. The van der Waals surface area contributed by atoms with E-state index >= 15 is 0 Å². The summed E-state index contributed by atoms with van der Waals surface area (Å²) in [7, 11) is 0. The van der Waals surface area contributed by atoms with E-state index in [0.717, 1.165) is 0 Å². The van der Waals surface area contributed by atoms with Gasteiger partial charge in [-0.05, 0) is 36.8 Å². The normalized spacial score (nSPS) is 16.3. The molecule has 0 amide bonds. The number of amidine groups is 1. The average Bonchev–Trinajstić information content (AvgIpc) is 2.80. The van der Waals surface area contributed by atoms with Crippen LogP contribution in [-0.2, 0) is 9.47 Å². The largest absolute Gasteiger partial charge is 0.438 e. The van der Waals surface area contributed by atoms with Crippen LogP contribution < -0.4 is 10.5 Å². The molecule has 2 aliphatic rings. The molecule has 1 fully saturated rings. The number of nitrogens with zero attached hydrogens (tertiary/aromatic N) is 1. The molecule has 1 aromatic heterocycles. The Labute approximate surface area is 200 Å². The summed E-state index contributed by atoms with van der Waals surface area (Å²) >= 11 is 5.98. The second-order valence-electron chi connectivity index (χ2n) is 8.31. The van der Waals surface area contributed by atoms with Crippen LogP contribution in [0.25, 0.3) is 16.7 Å². The fourth-order valence-corrected chi connectivity index (χ4v) is 3.90. The molecule has 0 saturated carbocycles. The van der Waals surface area contributed by atoms with Gasteiger partial charge in [-0.1, -0.05) is 41.6 Å². The molecule has 0 atom stereocenters. The Morgan fingerprint density at radius 1 is 1.24 bits per heavy atom. The summed E-state index contributed by atoms with van der Waals surface area (Å²) in [4.78, 5) is 4.43. The maximum atomic E-state index is 14.7. The van der Waals surface area contributed by atoms with Crippen molar-refractivity contribution in [2.45, 2.75) is 6.92 Å². The second-order valence-corrected chi connectivity index (χ2v) is 8.72. The van der Waals surface area contributed by atoms with E-state index in [1.807, 2.05) is 13.0 Å². The summed E-state index contributed by atoms with van der Waals surface area (Å²) in [6, 6.07) is 11.4. The number of nitrogens with one attached hydrogen (secondary N) is 1. The highest BCUT2D eigenvalue weighted by atomic mass is 35.5. The van der Waals surface area contributed by atoms with Gasteiger partial charge in [0.2, 0.25) is 5.88 Å². The lowest BCUT2D eigenvalue weighted by Gasteiger charge is -2.32. The highest BCUT2D eigenvalue weighted by molar-refractivity contribution is 6.31. The van der Waals surface area contributed by atoms with Gasteiger partial charge in [0.15, 0.2) is 0 Å². The second kappa shape index (κ2) is 8.49. The molecule has 0 radical (unpaired) electrons. The minimum Gasteiger partial charge on any atom is -0.438 e. The van der Waals surface area contributed by atoms with Crippen molar-refractivity contribution in [3.63, 3.8) is 0 Å². The summed E-state index contributed by atoms with van der Waals surface area (Å²) in [5, 5.41) is 7.51. The van der Waals surface area contributed by atoms with Gasteiger partial charge in [-0.15, -0.1) is 0 Å². The van der Waals surface area contributed by atoms with E-state index in [9.17, 15) is 4.39 Å². The van der Waals surface area contributed by atoms with E-state index < -0.39 is 11.8 Å². The SMILES string of the molecule is CC1(C#Cc2cnc3c(c2)C(=COC(=N)N)c2cc(-c4cccc(Cl)c4F)ccc2O3)COC1. The maximum Gasteiger partial charge on any atom is 0.284 e. The maximum absolute atomic E-state index is 14.7. The molecule has 170 valence electrons. The first-order valence-electron chi connectivity index (χ1n) is 10.4. The third kappa shape index (κ3) is 4.10. The van der Waals surface area contributed by atoms with Gasteiger partial charge < -0.3 is 19.9 Å². The standard InChI is InChI=1S/C26H19ClFN3O3/c1-26(13-32-14-26)8-7-15-9-19-20(12-33-25(29)30)18-10-16(17-3-2-4-21(27)23(17)28)5-6-22(18)34-24(19)31-11-15/h2-6,9-12H,13-14H2,1H3,(H3,29,30). The molecule has 3 N–H and O–H groups in total. The first-order chi connectivity index (χ1) is 16.3. The smallest absolute Gasteiger partial charge is 0.284 e. The molecule has 5 rings (SSSR count). The van der Waals surface area contributed by atoms with Gasteiger partial charge in [-0.25, -0.2) is 9.37 Å². The minimum atomic E-state index is -0.514. The predicted molar refractivity (Wildman–Crippen MR) is 127 cm³/mol. The van der Waals surface area contributed by atoms with E-state index in [-0.39, 0.29) is 10.4 Å². The van der Waals surface area contributed by atoms with Crippen LogP contribution in [-0.4, -0.2) is 24.2 Å². The van der Waals surface area contributed by atoms with Gasteiger partial charge in [-0.3, -0.25) is 5.41 Å². The molecule has 0 bridgehead atoms. The van der Waals surface area contributed by atoms with Crippen molar-refractivity contribution in [2.24, 2.45) is 11.1 Å². The van der Waals surface area contributed by atoms with Crippen LogP contribution in [0.1, 0.15) is 23.6 Å². The van der Waals surface area contributed by atoms with Crippen molar-refractivity contribution in [2.75, 3.05) is 13.2 Å². The van der Waals surface area contributed by atoms with Crippen molar-refractivity contribution in [3.05, 3.63) is 82.5 Å². The van der Waals surface area contributed by atoms with E-state index in [2.05, 4.69) is 16.8 Å². The van der Waals surface area contributed by atoms with Crippen molar-refractivity contribution in [1.82, 2.24) is 4.98 Å². The lowest BCUT2D eigenvalue weighted by atomic mass is 9.89. The van der Waals surface area contributed by atoms with Gasteiger partial charge >= 0.3 is 0 Å². The van der Waals surface area contributed by atoms with Crippen molar-refractivity contribution >= 4 is 23.2 Å². The van der Waals surface area contributed by atoms with Crippen LogP contribution in [0.15, 0.2) is 54.9 Å². The van der Waals surface area contributed by atoms with Crippen LogP contribution in [0, 0.1) is 28.5 Å². The number of ether oxygens (including phenoxy) is 3. The van der Waals surface area contributed by atoms with Crippen LogP contribution in [0.3, 0.4) is 0 Å². The molecule has 6 nitrogen and oxygen atoms in total. The molecule has 3 aromatic rings.